The average molecular weight is 413 g/mol. The van der Waals surface area contributed by atoms with Crippen molar-refractivity contribution in [2.24, 2.45) is 0 Å². The second kappa shape index (κ2) is 7.94. The number of anilines is 2. The first-order chi connectivity index (χ1) is 13.9. The number of nitrogens with one attached hydrogen (secondary N) is 1. The first-order valence-corrected chi connectivity index (χ1v) is 11.2. The highest BCUT2D eigenvalue weighted by Gasteiger charge is 2.37. The van der Waals surface area contributed by atoms with Crippen LogP contribution in [0.15, 0.2) is 41.4 Å². The predicted octanol–water partition coefficient (Wildman–Crippen LogP) is 2.46. The van der Waals surface area contributed by atoms with E-state index in [2.05, 4.69) is 15.2 Å². The number of fused-ring (bicyclic) bond motifs is 1. The van der Waals surface area contributed by atoms with E-state index in [1.807, 2.05) is 18.2 Å². The van der Waals surface area contributed by atoms with Crippen LogP contribution in [0.5, 0.6) is 0 Å². The van der Waals surface area contributed by atoms with Crippen LogP contribution in [0.3, 0.4) is 0 Å². The minimum Gasteiger partial charge on any atom is -0.357 e. The molecule has 3 heterocycles. The normalized spacial score (nSPS) is 19.2. The van der Waals surface area contributed by atoms with E-state index in [1.54, 1.807) is 24.6 Å². The molecule has 0 radical (unpaired) electrons. The van der Waals surface area contributed by atoms with Crippen LogP contribution in [0.4, 0.5) is 11.5 Å². The van der Waals surface area contributed by atoms with Crippen molar-refractivity contribution in [2.45, 2.75) is 37.2 Å². The summed E-state index contributed by atoms with van der Waals surface area (Å²) < 4.78 is 11.8. The Morgan fingerprint density at radius 1 is 1.17 bits per heavy atom. The summed E-state index contributed by atoms with van der Waals surface area (Å²) in [7, 11) is -1.12. The second-order valence-electron chi connectivity index (χ2n) is 7.45. The summed E-state index contributed by atoms with van der Waals surface area (Å²) in [6.45, 7) is 3.81. The Bertz CT molecular complexity index is 970. The molecule has 8 heteroatoms. The van der Waals surface area contributed by atoms with Gasteiger partial charge in [-0.15, -0.1) is 0 Å². The Morgan fingerprint density at radius 2 is 1.93 bits per heavy atom. The Labute approximate surface area is 172 Å². The minimum atomic E-state index is -1.12. The van der Waals surface area contributed by atoms with E-state index < -0.39 is 16.8 Å². The van der Waals surface area contributed by atoms with Crippen molar-refractivity contribution in [2.75, 3.05) is 29.6 Å². The number of hydrogen-bond acceptors (Lipinski definition) is 5. The molecule has 2 amide bonds. The van der Waals surface area contributed by atoms with Gasteiger partial charge in [-0.2, -0.15) is 0 Å². The van der Waals surface area contributed by atoms with Gasteiger partial charge in [0.05, 0.1) is 11.9 Å². The molecule has 4 rings (SSSR count). The standard InChI is InChI=1S/C21H24N4O3S/c1-14(26)25-13-15-11-17(29(2)28)6-7-18(15)20(25)21(27)23-16-5-8-19(22-12-16)24-9-3-4-10-24/h5-8,11-12,20H,3-4,9-10,13H2,1-2H3,(H,23,27). The number of pyridine rings is 1. The monoisotopic (exact) mass is 412 g/mol. The van der Waals surface area contributed by atoms with E-state index in [-0.39, 0.29) is 11.8 Å². The summed E-state index contributed by atoms with van der Waals surface area (Å²) in [4.78, 5) is 34.1. The van der Waals surface area contributed by atoms with Crippen LogP contribution >= 0.6 is 0 Å². The molecule has 0 aliphatic carbocycles. The lowest BCUT2D eigenvalue weighted by molar-refractivity contribution is -0.136. The van der Waals surface area contributed by atoms with Crippen molar-refractivity contribution in [1.29, 1.82) is 0 Å². The molecule has 1 aromatic carbocycles. The van der Waals surface area contributed by atoms with Gasteiger partial charge < -0.3 is 15.1 Å². The van der Waals surface area contributed by atoms with Crippen LogP contribution in [0.25, 0.3) is 0 Å². The maximum absolute atomic E-state index is 13.0. The van der Waals surface area contributed by atoms with Gasteiger partial charge in [0.1, 0.15) is 11.9 Å². The molecule has 1 fully saturated rings. The number of amides is 2. The zero-order chi connectivity index (χ0) is 20.5. The molecule has 1 N–H and O–H groups in total. The first kappa shape index (κ1) is 19.6. The lowest BCUT2D eigenvalue weighted by Gasteiger charge is -2.23. The van der Waals surface area contributed by atoms with E-state index in [1.165, 1.54) is 24.7 Å². The number of rotatable bonds is 4. The fourth-order valence-corrected chi connectivity index (χ4v) is 4.56. The van der Waals surface area contributed by atoms with Gasteiger partial charge in [-0.05, 0) is 48.2 Å². The SMILES string of the molecule is CC(=O)N1Cc2cc(S(C)=O)ccc2C1C(=O)Nc1ccc(N2CCCC2)nc1. The van der Waals surface area contributed by atoms with Crippen LogP contribution in [0, 0.1) is 0 Å². The molecule has 2 unspecified atom stereocenters. The summed E-state index contributed by atoms with van der Waals surface area (Å²) in [5.41, 5.74) is 2.23. The highest BCUT2D eigenvalue weighted by molar-refractivity contribution is 7.84. The van der Waals surface area contributed by atoms with E-state index in [0.29, 0.717) is 17.1 Å². The molecule has 1 saturated heterocycles. The lowest BCUT2D eigenvalue weighted by Crippen LogP contribution is -2.35. The number of hydrogen-bond donors (Lipinski definition) is 1. The van der Waals surface area contributed by atoms with Gasteiger partial charge in [0.25, 0.3) is 5.91 Å². The number of aromatic nitrogens is 1. The fraction of sp³-hybridized carbons (Fsp3) is 0.381. The topological polar surface area (TPSA) is 82.6 Å². The molecule has 2 aliphatic heterocycles. The van der Waals surface area contributed by atoms with Crippen LogP contribution in [0.1, 0.15) is 36.9 Å². The molecular formula is C21H24N4O3S. The van der Waals surface area contributed by atoms with Crippen molar-refractivity contribution in [3.63, 3.8) is 0 Å². The summed E-state index contributed by atoms with van der Waals surface area (Å²) in [6, 6.07) is 8.42. The predicted molar refractivity (Wildman–Crippen MR) is 112 cm³/mol. The second-order valence-corrected chi connectivity index (χ2v) is 8.83. The Hall–Kier alpha value is -2.74. The van der Waals surface area contributed by atoms with Gasteiger partial charge in [0.2, 0.25) is 5.91 Å². The quantitative estimate of drug-likeness (QED) is 0.834. The summed E-state index contributed by atoms with van der Waals surface area (Å²) in [6.07, 6.45) is 5.62. The fourth-order valence-electron chi connectivity index (χ4n) is 3.99. The van der Waals surface area contributed by atoms with Crippen molar-refractivity contribution in [3.8, 4) is 0 Å². The number of benzene rings is 1. The Balaban J connectivity index is 1.55. The van der Waals surface area contributed by atoms with Gasteiger partial charge in [0, 0.05) is 48.5 Å². The molecule has 2 atom stereocenters. The van der Waals surface area contributed by atoms with Crippen molar-refractivity contribution in [3.05, 3.63) is 47.7 Å². The minimum absolute atomic E-state index is 0.178. The molecule has 2 aromatic rings. The molecule has 0 spiro atoms. The Kier molecular flexibility index (Phi) is 5.36. The van der Waals surface area contributed by atoms with E-state index >= 15 is 0 Å². The molecule has 0 bridgehead atoms. The van der Waals surface area contributed by atoms with E-state index in [4.69, 9.17) is 0 Å². The van der Waals surface area contributed by atoms with Crippen LogP contribution in [0.2, 0.25) is 0 Å². The molecular weight excluding hydrogens is 388 g/mol. The lowest BCUT2D eigenvalue weighted by atomic mass is 10.0. The van der Waals surface area contributed by atoms with Gasteiger partial charge in [0.15, 0.2) is 0 Å². The smallest absolute Gasteiger partial charge is 0.251 e. The van der Waals surface area contributed by atoms with Crippen LogP contribution in [-0.2, 0) is 26.9 Å². The highest BCUT2D eigenvalue weighted by Crippen LogP contribution is 2.35. The van der Waals surface area contributed by atoms with Crippen LogP contribution in [-0.4, -0.2) is 45.3 Å². The number of carbonyl (C=O) groups excluding carboxylic acids is 2. The molecule has 0 saturated carbocycles. The van der Waals surface area contributed by atoms with Gasteiger partial charge in [-0.3, -0.25) is 13.8 Å². The molecule has 7 nitrogen and oxygen atoms in total. The maximum Gasteiger partial charge on any atom is 0.251 e. The van der Waals surface area contributed by atoms with Crippen molar-refractivity contribution >= 4 is 34.1 Å². The molecule has 2 aliphatic rings. The third-order valence-electron chi connectivity index (χ3n) is 5.49. The van der Waals surface area contributed by atoms with E-state index in [0.717, 1.165) is 30.0 Å². The van der Waals surface area contributed by atoms with Gasteiger partial charge in [-0.25, -0.2) is 4.98 Å². The maximum atomic E-state index is 13.0. The Morgan fingerprint density at radius 3 is 2.55 bits per heavy atom. The summed E-state index contributed by atoms with van der Waals surface area (Å²) >= 11 is 0. The third-order valence-corrected chi connectivity index (χ3v) is 6.41. The highest BCUT2D eigenvalue weighted by atomic mass is 32.2. The zero-order valence-corrected chi connectivity index (χ0v) is 17.4. The summed E-state index contributed by atoms with van der Waals surface area (Å²) in [5, 5.41) is 2.89. The number of nitrogens with zero attached hydrogens (tertiary/aromatic N) is 3. The van der Waals surface area contributed by atoms with Crippen LogP contribution < -0.4 is 10.2 Å². The molecule has 152 valence electrons. The average Bonchev–Trinajstić information content (AvgIpc) is 3.36. The van der Waals surface area contributed by atoms with Crippen molar-refractivity contribution in [1.82, 2.24) is 9.88 Å². The zero-order valence-electron chi connectivity index (χ0n) is 16.6. The first-order valence-electron chi connectivity index (χ1n) is 9.69. The van der Waals surface area contributed by atoms with Gasteiger partial charge >= 0.3 is 0 Å². The summed E-state index contributed by atoms with van der Waals surface area (Å²) in [5.74, 6) is 0.459. The molecule has 29 heavy (non-hydrogen) atoms. The van der Waals surface area contributed by atoms with Crippen molar-refractivity contribution < 1.29 is 13.8 Å². The third kappa shape index (κ3) is 3.89. The molecule has 1 aromatic heterocycles. The van der Waals surface area contributed by atoms with E-state index in [9.17, 15) is 13.8 Å². The largest absolute Gasteiger partial charge is 0.357 e. The number of carbonyl (C=O) groups is 2. The van der Waals surface area contributed by atoms with Gasteiger partial charge in [-0.1, -0.05) is 6.07 Å².